The van der Waals surface area contributed by atoms with Crippen molar-refractivity contribution in [2.24, 2.45) is 0 Å². The molecule has 0 saturated carbocycles. The molecule has 55 valence electrons. The van der Waals surface area contributed by atoms with Crippen LogP contribution in [-0.2, 0) is 4.79 Å². The summed E-state index contributed by atoms with van der Waals surface area (Å²) in [5.74, 6) is 0. The van der Waals surface area contributed by atoms with Crippen LogP contribution >= 0.6 is 0 Å². The van der Waals surface area contributed by atoms with Crippen molar-refractivity contribution in [2.75, 3.05) is 0 Å². The molecule has 0 aliphatic heterocycles. The van der Waals surface area contributed by atoms with Gasteiger partial charge in [-0.15, -0.1) is 0 Å². The number of hydrogen-bond acceptors (Lipinski definition) is 1. The fourth-order valence-corrected chi connectivity index (χ4v) is 1.64. The number of carbonyl (C=O) groups excluding carboxylic acids is 1. The van der Waals surface area contributed by atoms with Gasteiger partial charge in [-0.1, -0.05) is 12.7 Å². The molecule has 0 unspecified atom stereocenters. The molecule has 11 heavy (non-hydrogen) atoms. The van der Waals surface area contributed by atoms with E-state index in [0.29, 0.717) is 0 Å². The van der Waals surface area contributed by atoms with Crippen molar-refractivity contribution >= 4 is 6.29 Å². The molecule has 0 spiro atoms. The van der Waals surface area contributed by atoms with Crippen LogP contribution in [-0.4, -0.2) is 6.29 Å². The highest BCUT2D eigenvalue weighted by atomic mass is 16.1. The summed E-state index contributed by atoms with van der Waals surface area (Å²) in [6.45, 7) is 3.93. The van der Waals surface area contributed by atoms with E-state index in [1.54, 1.807) is 0 Å². The Morgan fingerprint density at radius 2 is 2.09 bits per heavy atom. The zero-order valence-electron chi connectivity index (χ0n) is 6.31. The molecule has 0 atom stereocenters. The molecule has 0 amide bonds. The first-order valence-corrected chi connectivity index (χ1v) is 3.82. The lowest BCUT2D eigenvalue weighted by Gasteiger charge is -2.28. The van der Waals surface area contributed by atoms with Gasteiger partial charge < -0.3 is 0 Å². The molecule has 0 aromatic carbocycles. The summed E-state index contributed by atoms with van der Waals surface area (Å²) in [6, 6.07) is 0. The van der Waals surface area contributed by atoms with Gasteiger partial charge in [-0.2, -0.15) is 0 Å². The van der Waals surface area contributed by atoms with E-state index in [0.717, 1.165) is 24.8 Å². The lowest BCUT2D eigenvalue weighted by atomic mass is 9.76. The molecule has 0 heterocycles. The molecular formula is C10H9O. The smallest absolute Gasteiger partial charge is 0.233 e. The van der Waals surface area contributed by atoms with Crippen LogP contribution in [0.25, 0.3) is 0 Å². The van der Waals surface area contributed by atoms with Gasteiger partial charge in [-0.25, -0.2) is 0 Å². The average Bonchev–Trinajstić information content (AvgIpc) is 1.93. The highest BCUT2D eigenvalue weighted by Gasteiger charge is 2.25. The molecule has 1 radical (unpaired) electrons. The third kappa shape index (κ3) is 0.805. The number of rotatable bonds is 1. The van der Waals surface area contributed by atoms with E-state index in [1.165, 1.54) is 16.7 Å². The molecule has 0 fully saturated rings. The molecule has 2 rings (SSSR count). The van der Waals surface area contributed by atoms with Gasteiger partial charge in [0.25, 0.3) is 0 Å². The van der Waals surface area contributed by atoms with Crippen LogP contribution in [0.15, 0.2) is 34.9 Å². The van der Waals surface area contributed by atoms with Crippen LogP contribution in [0, 0.1) is 0 Å². The zero-order chi connectivity index (χ0) is 7.84. The second kappa shape index (κ2) is 2.19. The first kappa shape index (κ1) is 6.59. The third-order valence-electron chi connectivity index (χ3n) is 2.40. The van der Waals surface area contributed by atoms with E-state index in [9.17, 15) is 4.79 Å². The fourth-order valence-electron chi connectivity index (χ4n) is 1.64. The van der Waals surface area contributed by atoms with Crippen molar-refractivity contribution in [3.63, 3.8) is 0 Å². The molecule has 1 heteroatoms. The van der Waals surface area contributed by atoms with Gasteiger partial charge >= 0.3 is 0 Å². The minimum absolute atomic E-state index is 0.777. The van der Waals surface area contributed by atoms with Crippen LogP contribution in [0.3, 0.4) is 0 Å². The molecule has 0 saturated heterocycles. The Labute approximate surface area is 66.1 Å². The van der Waals surface area contributed by atoms with Crippen molar-refractivity contribution < 1.29 is 4.79 Å². The Bertz CT molecular complexity index is 292. The van der Waals surface area contributed by atoms with E-state index in [4.69, 9.17) is 0 Å². The van der Waals surface area contributed by atoms with Crippen LogP contribution < -0.4 is 0 Å². The number of allylic oxidation sites excluding steroid dienone is 5. The van der Waals surface area contributed by atoms with E-state index in [1.807, 2.05) is 12.4 Å². The normalized spacial score (nSPS) is 22.2. The molecule has 0 bridgehead atoms. The van der Waals surface area contributed by atoms with Crippen LogP contribution in [0.1, 0.15) is 19.3 Å². The largest absolute Gasteiger partial charge is 0.285 e. The van der Waals surface area contributed by atoms with Gasteiger partial charge in [-0.3, -0.25) is 4.79 Å². The lowest BCUT2D eigenvalue weighted by Crippen LogP contribution is -2.12. The average molecular weight is 145 g/mol. The topological polar surface area (TPSA) is 17.1 Å². The Kier molecular flexibility index (Phi) is 1.31. The summed E-state index contributed by atoms with van der Waals surface area (Å²) in [5, 5.41) is 0. The van der Waals surface area contributed by atoms with Gasteiger partial charge in [0, 0.05) is 5.57 Å². The van der Waals surface area contributed by atoms with Crippen molar-refractivity contribution in [1.82, 2.24) is 0 Å². The predicted octanol–water partition coefficient (Wildman–Crippen LogP) is 2.07. The molecule has 1 nitrogen and oxygen atoms in total. The highest BCUT2D eigenvalue weighted by molar-refractivity contribution is 5.84. The summed E-state index contributed by atoms with van der Waals surface area (Å²) in [6.07, 6.45) is 6.87. The van der Waals surface area contributed by atoms with Crippen LogP contribution in [0.5, 0.6) is 0 Å². The molecule has 0 aromatic heterocycles. The maximum atomic E-state index is 10.4. The van der Waals surface area contributed by atoms with Crippen LogP contribution in [0.2, 0.25) is 0 Å². The quantitative estimate of drug-likeness (QED) is 0.552. The Morgan fingerprint density at radius 3 is 2.64 bits per heavy atom. The van der Waals surface area contributed by atoms with E-state index in [-0.39, 0.29) is 0 Å². The standard InChI is InChI=1S/C10H9O/c1-7-2-3-8(6-11)10-5-4-9(7)10/h3H,1-2,4-5H2. The second-order valence-electron chi connectivity index (χ2n) is 2.98. The Hall–Kier alpha value is -1.11. The lowest BCUT2D eigenvalue weighted by molar-refractivity contribution is 0.560. The molecular weight excluding hydrogens is 136 g/mol. The minimum atomic E-state index is 0.777. The summed E-state index contributed by atoms with van der Waals surface area (Å²) in [7, 11) is 0. The molecule has 2 aliphatic rings. The SMILES string of the molecule is C=C1CC=C([C]=O)C2=C1CC2. The maximum Gasteiger partial charge on any atom is 0.233 e. The highest BCUT2D eigenvalue weighted by Crippen LogP contribution is 2.41. The van der Waals surface area contributed by atoms with Crippen LogP contribution in [0.4, 0.5) is 0 Å². The Balaban J connectivity index is 2.43. The van der Waals surface area contributed by atoms with E-state index >= 15 is 0 Å². The second-order valence-corrected chi connectivity index (χ2v) is 2.98. The van der Waals surface area contributed by atoms with Gasteiger partial charge in [0.1, 0.15) is 0 Å². The summed E-state index contributed by atoms with van der Waals surface area (Å²) in [4.78, 5) is 10.4. The first-order chi connectivity index (χ1) is 5.33. The molecule has 0 aromatic rings. The minimum Gasteiger partial charge on any atom is -0.285 e. The van der Waals surface area contributed by atoms with Crippen molar-refractivity contribution in [2.45, 2.75) is 19.3 Å². The van der Waals surface area contributed by atoms with Gasteiger partial charge in [-0.05, 0) is 36.0 Å². The van der Waals surface area contributed by atoms with E-state index < -0.39 is 0 Å². The predicted molar refractivity (Wildman–Crippen MR) is 43.8 cm³/mol. The summed E-state index contributed by atoms with van der Waals surface area (Å²) < 4.78 is 0. The van der Waals surface area contributed by atoms with Crippen molar-refractivity contribution in [3.05, 3.63) is 34.9 Å². The van der Waals surface area contributed by atoms with Crippen molar-refractivity contribution in [1.29, 1.82) is 0 Å². The molecule has 2 aliphatic carbocycles. The molecule has 0 N–H and O–H groups in total. The van der Waals surface area contributed by atoms with Gasteiger partial charge in [0.15, 0.2) is 0 Å². The first-order valence-electron chi connectivity index (χ1n) is 3.82. The number of hydrogen-bond donors (Lipinski definition) is 0. The summed E-state index contributed by atoms with van der Waals surface area (Å²) in [5.41, 5.74) is 4.46. The summed E-state index contributed by atoms with van der Waals surface area (Å²) >= 11 is 0. The van der Waals surface area contributed by atoms with E-state index in [2.05, 4.69) is 6.58 Å². The fraction of sp³-hybridized carbons (Fsp3) is 0.300. The Morgan fingerprint density at radius 1 is 1.36 bits per heavy atom. The van der Waals surface area contributed by atoms with Gasteiger partial charge in [0.05, 0.1) is 0 Å². The zero-order valence-corrected chi connectivity index (χ0v) is 6.31. The van der Waals surface area contributed by atoms with Gasteiger partial charge in [0.2, 0.25) is 6.29 Å². The monoisotopic (exact) mass is 145 g/mol. The third-order valence-corrected chi connectivity index (χ3v) is 2.40. The van der Waals surface area contributed by atoms with Crippen molar-refractivity contribution in [3.8, 4) is 0 Å². The maximum absolute atomic E-state index is 10.4.